The summed E-state index contributed by atoms with van der Waals surface area (Å²) in [5, 5.41) is 13.6. The molecule has 2 N–H and O–H groups in total. The predicted octanol–water partition coefficient (Wildman–Crippen LogP) is 2.59. The van der Waals surface area contributed by atoms with Gasteiger partial charge >= 0.3 is 6.03 Å². The van der Waals surface area contributed by atoms with Crippen LogP contribution < -0.4 is 10.6 Å². The molecular weight excluding hydrogens is 320 g/mol. The third-order valence-corrected chi connectivity index (χ3v) is 4.22. The third kappa shape index (κ3) is 4.17. The lowest BCUT2D eigenvalue weighted by atomic mass is 10.0. The molecule has 0 saturated heterocycles. The summed E-state index contributed by atoms with van der Waals surface area (Å²) in [6.07, 6.45) is 0.522. The van der Waals surface area contributed by atoms with E-state index in [0.717, 1.165) is 22.5 Å². The van der Waals surface area contributed by atoms with Crippen LogP contribution in [0.2, 0.25) is 0 Å². The molecule has 0 radical (unpaired) electrons. The maximum absolute atomic E-state index is 11.9. The summed E-state index contributed by atoms with van der Waals surface area (Å²) in [7, 11) is 0. The van der Waals surface area contributed by atoms with Gasteiger partial charge in [0.1, 0.15) is 5.76 Å². The van der Waals surface area contributed by atoms with E-state index in [4.69, 9.17) is 9.36 Å². The van der Waals surface area contributed by atoms with Gasteiger partial charge in [0.25, 0.3) is 0 Å². The van der Waals surface area contributed by atoms with Gasteiger partial charge < -0.3 is 20.0 Å². The van der Waals surface area contributed by atoms with Crippen LogP contribution in [0.4, 0.5) is 4.79 Å². The highest BCUT2D eigenvalue weighted by Crippen LogP contribution is 2.17. The van der Waals surface area contributed by atoms with Crippen LogP contribution in [-0.2, 0) is 11.4 Å². The molecule has 1 aromatic heterocycles. The molecule has 2 amide bonds. The Hall–Kier alpha value is -2.83. The van der Waals surface area contributed by atoms with Gasteiger partial charge in [0, 0.05) is 18.5 Å². The number of hydrogen-bond donors (Lipinski definition) is 2. The summed E-state index contributed by atoms with van der Waals surface area (Å²) >= 11 is 0. The standard InChI is InChI=1S/C18H22N4O3/c1-11-4-6-14(7-5-11)17-8-15(25-22-17)9-19-18(23)20-10-16-12(2)21-24-13(16)3/h4-7,15H,8-10H2,1-3H3,(H2,19,20,23)/t15-/m0/s1. The number of rotatable bonds is 5. The molecule has 0 bridgehead atoms. The number of nitrogens with zero attached hydrogens (tertiary/aromatic N) is 2. The van der Waals surface area contributed by atoms with Gasteiger partial charge in [-0.2, -0.15) is 0 Å². The van der Waals surface area contributed by atoms with Crippen LogP contribution >= 0.6 is 0 Å². The van der Waals surface area contributed by atoms with Crippen LogP contribution in [0.25, 0.3) is 0 Å². The summed E-state index contributed by atoms with van der Waals surface area (Å²) in [6.45, 7) is 6.49. The van der Waals surface area contributed by atoms with Gasteiger partial charge in [0.15, 0.2) is 6.10 Å². The van der Waals surface area contributed by atoms with E-state index in [1.165, 1.54) is 5.56 Å². The highest BCUT2D eigenvalue weighted by Gasteiger charge is 2.22. The molecule has 7 nitrogen and oxygen atoms in total. The van der Waals surface area contributed by atoms with Gasteiger partial charge in [-0.25, -0.2) is 4.79 Å². The second-order valence-electron chi connectivity index (χ2n) is 6.20. The third-order valence-electron chi connectivity index (χ3n) is 4.22. The van der Waals surface area contributed by atoms with E-state index in [2.05, 4.69) is 20.9 Å². The fourth-order valence-corrected chi connectivity index (χ4v) is 2.65. The molecule has 1 aliphatic heterocycles. The molecule has 0 aliphatic carbocycles. The van der Waals surface area contributed by atoms with Gasteiger partial charge in [0.2, 0.25) is 0 Å². The first-order valence-electron chi connectivity index (χ1n) is 8.26. The molecule has 1 atom stereocenters. The molecule has 3 rings (SSSR count). The Bertz CT molecular complexity index is 761. The van der Waals surface area contributed by atoms with Gasteiger partial charge in [-0.05, 0) is 26.3 Å². The molecule has 1 aromatic carbocycles. The van der Waals surface area contributed by atoms with Crippen LogP contribution in [-0.4, -0.2) is 29.5 Å². The molecule has 132 valence electrons. The normalized spacial score (nSPS) is 16.3. The predicted molar refractivity (Wildman–Crippen MR) is 93.4 cm³/mol. The average Bonchev–Trinajstić information content (AvgIpc) is 3.19. The summed E-state index contributed by atoms with van der Waals surface area (Å²) in [4.78, 5) is 17.4. The molecule has 0 unspecified atom stereocenters. The topological polar surface area (TPSA) is 88.8 Å². The lowest BCUT2D eigenvalue weighted by molar-refractivity contribution is 0.0865. The van der Waals surface area contributed by atoms with Gasteiger partial charge in [0.05, 0.1) is 18.0 Å². The number of urea groups is 1. The van der Waals surface area contributed by atoms with E-state index in [9.17, 15) is 4.79 Å². The quantitative estimate of drug-likeness (QED) is 0.874. The molecule has 25 heavy (non-hydrogen) atoms. The number of oxime groups is 1. The molecule has 2 aromatic rings. The van der Waals surface area contributed by atoms with Crippen molar-refractivity contribution in [3.63, 3.8) is 0 Å². The Labute approximate surface area is 146 Å². The van der Waals surface area contributed by atoms with Gasteiger partial charge in [-0.1, -0.05) is 40.1 Å². The van der Waals surface area contributed by atoms with Crippen molar-refractivity contribution in [3.8, 4) is 0 Å². The lowest BCUT2D eigenvalue weighted by Gasteiger charge is -2.11. The molecule has 7 heteroatoms. The molecular formula is C18H22N4O3. The highest BCUT2D eigenvalue weighted by atomic mass is 16.6. The Kier molecular flexibility index (Phi) is 5.02. The largest absolute Gasteiger partial charge is 0.390 e. The van der Waals surface area contributed by atoms with Crippen LogP contribution in [0.15, 0.2) is 33.9 Å². The Morgan fingerprint density at radius 3 is 2.64 bits per heavy atom. The first kappa shape index (κ1) is 17.0. The first-order valence-corrected chi connectivity index (χ1v) is 8.26. The number of benzene rings is 1. The van der Waals surface area contributed by atoms with Crippen LogP contribution in [0, 0.1) is 20.8 Å². The van der Waals surface area contributed by atoms with Crippen molar-refractivity contribution in [2.75, 3.05) is 6.54 Å². The fraction of sp³-hybridized carbons (Fsp3) is 0.389. The van der Waals surface area contributed by atoms with Gasteiger partial charge in [-0.15, -0.1) is 0 Å². The number of aromatic nitrogens is 1. The van der Waals surface area contributed by atoms with E-state index in [0.29, 0.717) is 25.3 Å². The number of amides is 2. The average molecular weight is 342 g/mol. The van der Waals surface area contributed by atoms with E-state index < -0.39 is 0 Å². The highest BCUT2D eigenvalue weighted by molar-refractivity contribution is 6.01. The molecule has 0 spiro atoms. The van der Waals surface area contributed by atoms with Crippen LogP contribution in [0.1, 0.15) is 34.6 Å². The lowest BCUT2D eigenvalue weighted by Crippen LogP contribution is -2.39. The molecule has 1 aliphatic rings. The summed E-state index contributed by atoms with van der Waals surface area (Å²) in [6, 6.07) is 7.90. The van der Waals surface area contributed by atoms with E-state index >= 15 is 0 Å². The van der Waals surface area contributed by atoms with Crippen molar-refractivity contribution in [3.05, 3.63) is 52.4 Å². The number of nitrogens with one attached hydrogen (secondary N) is 2. The second-order valence-corrected chi connectivity index (χ2v) is 6.20. The Morgan fingerprint density at radius 1 is 1.20 bits per heavy atom. The van der Waals surface area contributed by atoms with Crippen molar-refractivity contribution in [2.24, 2.45) is 5.16 Å². The summed E-state index contributed by atoms with van der Waals surface area (Å²) in [5.41, 5.74) is 4.85. The number of carbonyl (C=O) groups is 1. The van der Waals surface area contributed by atoms with Crippen molar-refractivity contribution in [2.45, 2.75) is 39.8 Å². The number of hydrogen-bond acceptors (Lipinski definition) is 5. The maximum atomic E-state index is 11.9. The van der Waals surface area contributed by atoms with Crippen molar-refractivity contribution < 1.29 is 14.2 Å². The SMILES string of the molecule is Cc1ccc(C2=NO[C@H](CNC(=O)NCc3c(C)noc3C)C2)cc1. The summed E-state index contributed by atoms with van der Waals surface area (Å²) in [5.74, 6) is 0.716. The molecule has 0 saturated carbocycles. The molecule has 2 heterocycles. The van der Waals surface area contributed by atoms with E-state index in [1.807, 2.05) is 45.0 Å². The first-order chi connectivity index (χ1) is 12.0. The number of carbonyl (C=O) groups excluding carboxylic acids is 1. The maximum Gasteiger partial charge on any atom is 0.315 e. The fourth-order valence-electron chi connectivity index (χ4n) is 2.65. The Balaban J connectivity index is 1.42. The molecule has 0 fully saturated rings. The van der Waals surface area contributed by atoms with Gasteiger partial charge in [-0.3, -0.25) is 0 Å². The van der Waals surface area contributed by atoms with Crippen LogP contribution in [0.3, 0.4) is 0 Å². The van der Waals surface area contributed by atoms with E-state index in [-0.39, 0.29) is 12.1 Å². The Morgan fingerprint density at radius 2 is 1.96 bits per heavy atom. The second kappa shape index (κ2) is 7.38. The zero-order chi connectivity index (χ0) is 17.8. The zero-order valence-corrected chi connectivity index (χ0v) is 14.6. The smallest absolute Gasteiger partial charge is 0.315 e. The minimum atomic E-state index is -0.257. The monoisotopic (exact) mass is 342 g/mol. The number of aryl methyl sites for hydroxylation is 3. The summed E-state index contributed by atoms with van der Waals surface area (Å²) < 4.78 is 5.07. The van der Waals surface area contributed by atoms with Crippen molar-refractivity contribution in [1.82, 2.24) is 15.8 Å². The zero-order valence-electron chi connectivity index (χ0n) is 14.6. The minimum absolute atomic E-state index is 0.152. The van der Waals surface area contributed by atoms with E-state index in [1.54, 1.807) is 0 Å². The van der Waals surface area contributed by atoms with Crippen molar-refractivity contribution in [1.29, 1.82) is 0 Å². The van der Waals surface area contributed by atoms with Crippen molar-refractivity contribution >= 4 is 11.7 Å². The minimum Gasteiger partial charge on any atom is -0.390 e. The van der Waals surface area contributed by atoms with Crippen LogP contribution in [0.5, 0.6) is 0 Å².